The highest BCUT2D eigenvalue weighted by Gasteiger charge is 2.17. The fourth-order valence-corrected chi connectivity index (χ4v) is 1.97. The van der Waals surface area contributed by atoms with Gasteiger partial charge >= 0.3 is 0 Å². The van der Waals surface area contributed by atoms with E-state index in [4.69, 9.17) is 28.9 Å². The first-order valence-corrected chi connectivity index (χ1v) is 4.93. The average Bonchev–Trinajstić information content (AvgIpc) is 2.50. The molecule has 1 aromatic carbocycles. The fourth-order valence-electron chi connectivity index (χ4n) is 1.42. The smallest absolute Gasteiger partial charge is 0.189 e. The van der Waals surface area contributed by atoms with Crippen molar-refractivity contribution in [3.05, 3.63) is 33.8 Å². The first kappa shape index (κ1) is 9.62. The molecule has 0 saturated carbocycles. The number of hydrogen-bond donors (Lipinski definition) is 2. The summed E-state index contributed by atoms with van der Waals surface area (Å²) in [6.45, 7) is 0.627. The number of benzene rings is 1. The molecule has 0 aliphatic carbocycles. The summed E-state index contributed by atoms with van der Waals surface area (Å²) in [4.78, 5) is 4.05. The Morgan fingerprint density at radius 2 is 1.93 bits per heavy atom. The van der Waals surface area contributed by atoms with E-state index in [0.29, 0.717) is 22.5 Å². The number of guanidine groups is 1. The second-order valence-corrected chi connectivity index (χ2v) is 4.00. The zero-order valence-electron chi connectivity index (χ0n) is 7.30. The lowest BCUT2D eigenvalue weighted by atomic mass is 10.1. The van der Waals surface area contributed by atoms with Gasteiger partial charge in [0.25, 0.3) is 0 Å². The van der Waals surface area contributed by atoms with Crippen LogP contribution in [0.3, 0.4) is 0 Å². The largest absolute Gasteiger partial charge is 0.370 e. The number of nitrogens with one attached hydrogen (secondary N) is 1. The SMILES string of the molecule is NC1=NCC(c2cc(Cl)cc(Cl)c2)N1. The fraction of sp³-hybridized carbons (Fsp3) is 0.222. The van der Waals surface area contributed by atoms with Crippen molar-refractivity contribution in [3.63, 3.8) is 0 Å². The number of halogens is 2. The van der Waals surface area contributed by atoms with Gasteiger partial charge in [0.1, 0.15) is 0 Å². The molecule has 74 valence electrons. The van der Waals surface area contributed by atoms with Crippen LogP contribution in [0.15, 0.2) is 23.2 Å². The summed E-state index contributed by atoms with van der Waals surface area (Å²) in [7, 11) is 0. The first-order chi connectivity index (χ1) is 6.65. The van der Waals surface area contributed by atoms with Crippen LogP contribution in [0.4, 0.5) is 0 Å². The van der Waals surface area contributed by atoms with Crippen molar-refractivity contribution in [2.45, 2.75) is 6.04 Å². The van der Waals surface area contributed by atoms with Crippen molar-refractivity contribution in [3.8, 4) is 0 Å². The second kappa shape index (κ2) is 3.67. The number of aliphatic imine (C=N–C) groups is 1. The van der Waals surface area contributed by atoms with Crippen LogP contribution in [0.2, 0.25) is 10.0 Å². The quantitative estimate of drug-likeness (QED) is 0.774. The average molecular weight is 230 g/mol. The molecule has 1 aromatic rings. The van der Waals surface area contributed by atoms with Crippen molar-refractivity contribution in [2.75, 3.05) is 6.54 Å². The molecule has 0 radical (unpaired) electrons. The Morgan fingerprint density at radius 3 is 2.43 bits per heavy atom. The van der Waals surface area contributed by atoms with Crippen molar-refractivity contribution >= 4 is 29.2 Å². The summed E-state index contributed by atoms with van der Waals surface area (Å²) in [6.07, 6.45) is 0. The van der Waals surface area contributed by atoms with Gasteiger partial charge in [-0.15, -0.1) is 0 Å². The van der Waals surface area contributed by atoms with Gasteiger partial charge in [0, 0.05) is 10.0 Å². The van der Waals surface area contributed by atoms with Gasteiger partial charge in [-0.3, -0.25) is 4.99 Å². The lowest BCUT2D eigenvalue weighted by Crippen LogP contribution is -2.29. The van der Waals surface area contributed by atoms with Crippen LogP contribution in [0.1, 0.15) is 11.6 Å². The Morgan fingerprint density at radius 1 is 1.29 bits per heavy atom. The second-order valence-electron chi connectivity index (χ2n) is 3.13. The third-order valence-corrected chi connectivity index (χ3v) is 2.49. The Kier molecular flexibility index (Phi) is 2.52. The van der Waals surface area contributed by atoms with E-state index in [1.54, 1.807) is 6.07 Å². The summed E-state index contributed by atoms with van der Waals surface area (Å²) >= 11 is 11.8. The lowest BCUT2D eigenvalue weighted by Gasteiger charge is -2.11. The summed E-state index contributed by atoms with van der Waals surface area (Å²) in [5.74, 6) is 0.464. The molecule has 0 bridgehead atoms. The molecule has 3 N–H and O–H groups in total. The normalized spacial score (nSPS) is 20.4. The third-order valence-electron chi connectivity index (χ3n) is 2.05. The molecule has 0 amide bonds. The molecule has 14 heavy (non-hydrogen) atoms. The van der Waals surface area contributed by atoms with E-state index < -0.39 is 0 Å². The maximum Gasteiger partial charge on any atom is 0.189 e. The highest BCUT2D eigenvalue weighted by atomic mass is 35.5. The van der Waals surface area contributed by atoms with Gasteiger partial charge in [-0.1, -0.05) is 23.2 Å². The van der Waals surface area contributed by atoms with Crippen LogP contribution in [0, 0.1) is 0 Å². The van der Waals surface area contributed by atoms with E-state index in [1.807, 2.05) is 12.1 Å². The van der Waals surface area contributed by atoms with Crippen molar-refractivity contribution in [1.29, 1.82) is 0 Å². The molecule has 0 spiro atoms. The van der Waals surface area contributed by atoms with E-state index in [0.717, 1.165) is 5.56 Å². The van der Waals surface area contributed by atoms with Gasteiger partial charge in [0.2, 0.25) is 0 Å². The minimum absolute atomic E-state index is 0.0891. The van der Waals surface area contributed by atoms with E-state index in [2.05, 4.69) is 10.3 Å². The third kappa shape index (κ3) is 1.94. The summed E-state index contributed by atoms with van der Waals surface area (Å²) in [5, 5.41) is 4.28. The Labute approximate surface area is 91.9 Å². The summed E-state index contributed by atoms with van der Waals surface area (Å²) in [5.41, 5.74) is 6.52. The van der Waals surface area contributed by atoms with E-state index in [9.17, 15) is 0 Å². The molecule has 5 heteroatoms. The lowest BCUT2D eigenvalue weighted by molar-refractivity contribution is 0.708. The van der Waals surface area contributed by atoms with Crippen LogP contribution in [-0.4, -0.2) is 12.5 Å². The van der Waals surface area contributed by atoms with Gasteiger partial charge in [0.05, 0.1) is 12.6 Å². The van der Waals surface area contributed by atoms with Gasteiger partial charge in [-0.2, -0.15) is 0 Å². The van der Waals surface area contributed by atoms with Crippen molar-refractivity contribution in [2.24, 2.45) is 10.7 Å². The monoisotopic (exact) mass is 229 g/mol. The van der Waals surface area contributed by atoms with Gasteiger partial charge in [-0.05, 0) is 23.8 Å². The molecule has 0 saturated heterocycles. The van der Waals surface area contributed by atoms with Crippen molar-refractivity contribution < 1.29 is 0 Å². The first-order valence-electron chi connectivity index (χ1n) is 4.17. The maximum absolute atomic E-state index is 5.88. The molecule has 1 unspecified atom stereocenters. The standard InChI is InChI=1S/C9H9Cl2N3/c10-6-1-5(2-7(11)3-6)8-4-13-9(12)14-8/h1-3,8H,4H2,(H3,12,13,14). The van der Waals surface area contributed by atoms with Crippen LogP contribution >= 0.6 is 23.2 Å². The van der Waals surface area contributed by atoms with Gasteiger partial charge in [-0.25, -0.2) is 0 Å². The van der Waals surface area contributed by atoms with E-state index in [1.165, 1.54) is 0 Å². The highest BCUT2D eigenvalue weighted by molar-refractivity contribution is 6.34. The van der Waals surface area contributed by atoms with Gasteiger partial charge < -0.3 is 11.1 Å². The van der Waals surface area contributed by atoms with Crippen LogP contribution in [0.5, 0.6) is 0 Å². The molecule has 0 fully saturated rings. The van der Waals surface area contributed by atoms with Gasteiger partial charge in [0.15, 0.2) is 5.96 Å². The molecule has 3 nitrogen and oxygen atoms in total. The van der Waals surface area contributed by atoms with E-state index >= 15 is 0 Å². The molecule has 1 heterocycles. The minimum Gasteiger partial charge on any atom is -0.370 e. The number of rotatable bonds is 1. The van der Waals surface area contributed by atoms with E-state index in [-0.39, 0.29) is 6.04 Å². The molecule has 0 aromatic heterocycles. The zero-order valence-corrected chi connectivity index (χ0v) is 8.81. The van der Waals surface area contributed by atoms with Crippen LogP contribution in [0.25, 0.3) is 0 Å². The molecule has 1 aliphatic rings. The maximum atomic E-state index is 5.88. The summed E-state index contributed by atoms with van der Waals surface area (Å²) in [6, 6.07) is 5.51. The highest BCUT2D eigenvalue weighted by Crippen LogP contribution is 2.24. The molecule has 1 aliphatic heterocycles. The molecular formula is C9H9Cl2N3. The number of nitrogens with two attached hydrogens (primary N) is 1. The Balaban J connectivity index is 2.25. The summed E-state index contributed by atoms with van der Waals surface area (Å²) < 4.78 is 0. The predicted molar refractivity (Wildman–Crippen MR) is 58.8 cm³/mol. The number of nitrogens with zero attached hydrogens (tertiary/aromatic N) is 1. The number of hydrogen-bond acceptors (Lipinski definition) is 3. The zero-order chi connectivity index (χ0) is 10.1. The predicted octanol–water partition coefficient (Wildman–Crippen LogP) is 1.95. The molecule has 1 atom stereocenters. The van der Waals surface area contributed by atoms with Crippen molar-refractivity contribution in [1.82, 2.24) is 5.32 Å². The minimum atomic E-state index is 0.0891. The Hall–Kier alpha value is -0.930. The van der Waals surface area contributed by atoms with Crippen LogP contribution < -0.4 is 11.1 Å². The molecular weight excluding hydrogens is 221 g/mol. The van der Waals surface area contributed by atoms with Crippen LogP contribution in [-0.2, 0) is 0 Å². The topological polar surface area (TPSA) is 50.4 Å². The molecule has 2 rings (SSSR count). The Bertz CT molecular complexity index is 369.